The van der Waals surface area contributed by atoms with E-state index in [0.717, 1.165) is 35.7 Å². The van der Waals surface area contributed by atoms with Gasteiger partial charge >= 0.3 is 6.01 Å². The Labute approximate surface area is 125 Å². The fourth-order valence-electron chi connectivity index (χ4n) is 1.85. The first-order chi connectivity index (χ1) is 10.1. The van der Waals surface area contributed by atoms with Gasteiger partial charge in [-0.05, 0) is 25.5 Å². The maximum Gasteiger partial charge on any atom is 0.321 e. The summed E-state index contributed by atoms with van der Waals surface area (Å²) in [7, 11) is 0. The molecule has 0 aliphatic heterocycles. The molecule has 5 nitrogen and oxygen atoms in total. The van der Waals surface area contributed by atoms with Crippen LogP contribution in [-0.2, 0) is 13.0 Å². The van der Waals surface area contributed by atoms with Crippen LogP contribution < -0.4 is 10.1 Å². The average molecular weight is 286 g/mol. The van der Waals surface area contributed by atoms with Crippen LogP contribution >= 0.6 is 0 Å². The van der Waals surface area contributed by atoms with Crippen molar-refractivity contribution in [1.82, 2.24) is 20.3 Å². The minimum absolute atomic E-state index is 0.351. The summed E-state index contributed by atoms with van der Waals surface area (Å²) in [6.45, 7) is 8.99. The van der Waals surface area contributed by atoms with Gasteiger partial charge in [-0.2, -0.15) is 0 Å². The average Bonchev–Trinajstić information content (AvgIpc) is 2.48. The molecule has 112 valence electrons. The minimum atomic E-state index is 0.351. The van der Waals surface area contributed by atoms with Crippen LogP contribution in [0.2, 0.25) is 0 Å². The summed E-state index contributed by atoms with van der Waals surface area (Å²) >= 11 is 0. The number of rotatable bonds is 6. The van der Waals surface area contributed by atoms with Gasteiger partial charge in [0, 0.05) is 36.2 Å². The highest BCUT2D eigenvalue weighted by molar-refractivity contribution is 5.31. The largest absolute Gasteiger partial charge is 0.422 e. The van der Waals surface area contributed by atoms with Crippen molar-refractivity contribution >= 4 is 0 Å². The summed E-state index contributed by atoms with van der Waals surface area (Å²) in [6.07, 6.45) is 4.38. The van der Waals surface area contributed by atoms with Gasteiger partial charge in [-0.1, -0.05) is 20.8 Å². The van der Waals surface area contributed by atoms with Crippen molar-refractivity contribution in [2.24, 2.45) is 0 Å². The molecule has 0 atom stereocenters. The van der Waals surface area contributed by atoms with Crippen LogP contribution in [0.25, 0.3) is 0 Å². The third kappa shape index (κ3) is 4.49. The lowest BCUT2D eigenvalue weighted by Crippen LogP contribution is -2.21. The molecule has 0 amide bonds. The summed E-state index contributed by atoms with van der Waals surface area (Å²) in [5, 5.41) is 3.32. The van der Waals surface area contributed by atoms with Gasteiger partial charge in [0.15, 0.2) is 5.75 Å². The van der Waals surface area contributed by atoms with Gasteiger partial charge < -0.3 is 10.1 Å². The van der Waals surface area contributed by atoms with Crippen LogP contribution in [0.3, 0.4) is 0 Å². The molecule has 2 heterocycles. The molecule has 0 unspecified atom stereocenters. The molecule has 5 heteroatoms. The third-order valence-corrected chi connectivity index (χ3v) is 3.00. The second-order valence-corrected chi connectivity index (χ2v) is 5.26. The van der Waals surface area contributed by atoms with E-state index >= 15 is 0 Å². The molecule has 0 radical (unpaired) electrons. The van der Waals surface area contributed by atoms with E-state index in [-0.39, 0.29) is 0 Å². The SMILES string of the molecule is CCc1nc(C)ccc1Oc1ncc(CNC(C)C)cn1. The molecule has 0 saturated heterocycles. The second-order valence-electron chi connectivity index (χ2n) is 5.26. The molecule has 2 rings (SSSR count). The Bertz CT molecular complexity index is 581. The van der Waals surface area contributed by atoms with E-state index in [2.05, 4.69) is 41.0 Å². The summed E-state index contributed by atoms with van der Waals surface area (Å²) < 4.78 is 5.73. The van der Waals surface area contributed by atoms with Gasteiger partial charge in [-0.15, -0.1) is 0 Å². The van der Waals surface area contributed by atoms with E-state index in [4.69, 9.17) is 4.74 Å². The molecule has 0 fully saturated rings. The van der Waals surface area contributed by atoms with Gasteiger partial charge in [0.2, 0.25) is 0 Å². The number of pyridine rings is 1. The van der Waals surface area contributed by atoms with Crippen molar-refractivity contribution in [2.45, 2.75) is 46.7 Å². The van der Waals surface area contributed by atoms with Crippen molar-refractivity contribution in [3.8, 4) is 11.8 Å². The van der Waals surface area contributed by atoms with E-state index in [9.17, 15) is 0 Å². The number of aromatic nitrogens is 3. The Morgan fingerprint density at radius 1 is 1.19 bits per heavy atom. The molecule has 0 aromatic carbocycles. The summed E-state index contributed by atoms with van der Waals surface area (Å²) in [5.41, 5.74) is 2.94. The van der Waals surface area contributed by atoms with E-state index in [1.165, 1.54) is 0 Å². The maximum atomic E-state index is 5.73. The lowest BCUT2D eigenvalue weighted by Gasteiger charge is -2.10. The van der Waals surface area contributed by atoms with Gasteiger partial charge in [0.25, 0.3) is 0 Å². The predicted octanol–water partition coefficient (Wildman–Crippen LogP) is 3.03. The fraction of sp³-hybridized carbons (Fsp3) is 0.438. The van der Waals surface area contributed by atoms with E-state index in [0.29, 0.717) is 12.1 Å². The standard InChI is InChI=1S/C16H22N4O/c1-5-14-15(7-6-12(4)20-14)21-16-18-9-13(10-19-16)8-17-11(2)3/h6-7,9-11,17H,5,8H2,1-4H3. The van der Waals surface area contributed by atoms with Crippen molar-refractivity contribution in [1.29, 1.82) is 0 Å². The first-order valence-corrected chi connectivity index (χ1v) is 7.27. The number of nitrogens with one attached hydrogen (secondary N) is 1. The van der Waals surface area contributed by atoms with Gasteiger partial charge in [-0.25, -0.2) is 9.97 Å². The zero-order valence-electron chi connectivity index (χ0n) is 13.1. The smallest absolute Gasteiger partial charge is 0.321 e. The molecular weight excluding hydrogens is 264 g/mol. The summed E-state index contributed by atoms with van der Waals surface area (Å²) in [4.78, 5) is 13.0. The third-order valence-electron chi connectivity index (χ3n) is 3.00. The number of ether oxygens (including phenoxy) is 1. The molecule has 1 N–H and O–H groups in total. The highest BCUT2D eigenvalue weighted by Crippen LogP contribution is 2.22. The lowest BCUT2D eigenvalue weighted by molar-refractivity contribution is 0.432. The second kappa shape index (κ2) is 7.13. The van der Waals surface area contributed by atoms with Gasteiger partial charge in [-0.3, -0.25) is 4.98 Å². The van der Waals surface area contributed by atoms with Crippen LogP contribution in [0.5, 0.6) is 11.8 Å². The van der Waals surface area contributed by atoms with E-state index < -0.39 is 0 Å². The molecule has 0 saturated carbocycles. The van der Waals surface area contributed by atoms with Crippen LogP contribution in [0, 0.1) is 6.92 Å². The predicted molar refractivity (Wildman–Crippen MR) is 82.4 cm³/mol. The molecule has 2 aromatic rings. The highest BCUT2D eigenvalue weighted by Gasteiger charge is 2.07. The zero-order valence-corrected chi connectivity index (χ0v) is 13.1. The summed E-state index contributed by atoms with van der Waals surface area (Å²) in [5.74, 6) is 0.719. The van der Waals surface area contributed by atoms with Crippen molar-refractivity contribution in [3.05, 3.63) is 41.5 Å². The van der Waals surface area contributed by atoms with Crippen LogP contribution in [0.15, 0.2) is 24.5 Å². The van der Waals surface area contributed by atoms with Crippen LogP contribution in [0.4, 0.5) is 0 Å². The normalized spacial score (nSPS) is 10.9. The monoisotopic (exact) mass is 286 g/mol. The first-order valence-electron chi connectivity index (χ1n) is 7.27. The Morgan fingerprint density at radius 2 is 1.90 bits per heavy atom. The van der Waals surface area contributed by atoms with E-state index in [1.807, 2.05) is 19.1 Å². The first kappa shape index (κ1) is 15.4. The molecule has 21 heavy (non-hydrogen) atoms. The highest BCUT2D eigenvalue weighted by atomic mass is 16.5. The van der Waals surface area contributed by atoms with Crippen molar-refractivity contribution < 1.29 is 4.74 Å². The zero-order chi connectivity index (χ0) is 15.2. The van der Waals surface area contributed by atoms with Gasteiger partial charge in [0.1, 0.15) is 0 Å². The Balaban J connectivity index is 2.06. The summed E-state index contributed by atoms with van der Waals surface area (Å²) in [6, 6.07) is 4.63. The van der Waals surface area contributed by atoms with Crippen molar-refractivity contribution in [2.75, 3.05) is 0 Å². The molecule has 0 bridgehead atoms. The Morgan fingerprint density at radius 3 is 2.52 bits per heavy atom. The van der Waals surface area contributed by atoms with Gasteiger partial charge in [0.05, 0.1) is 5.69 Å². The molecule has 2 aromatic heterocycles. The quantitative estimate of drug-likeness (QED) is 0.884. The number of aryl methyl sites for hydroxylation is 2. The Kier molecular flexibility index (Phi) is 5.22. The van der Waals surface area contributed by atoms with Crippen LogP contribution in [0.1, 0.15) is 37.7 Å². The number of hydrogen-bond acceptors (Lipinski definition) is 5. The van der Waals surface area contributed by atoms with E-state index in [1.54, 1.807) is 12.4 Å². The minimum Gasteiger partial charge on any atom is -0.422 e. The lowest BCUT2D eigenvalue weighted by atomic mass is 10.2. The molecular formula is C16H22N4O. The molecule has 0 spiro atoms. The molecule has 0 aliphatic rings. The molecule has 0 aliphatic carbocycles. The topological polar surface area (TPSA) is 59.9 Å². The van der Waals surface area contributed by atoms with Crippen molar-refractivity contribution in [3.63, 3.8) is 0 Å². The maximum absolute atomic E-state index is 5.73. The van der Waals surface area contributed by atoms with Crippen LogP contribution in [-0.4, -0.2) is 21.0 Å². The Hall–Kier alpha value is -2.01. The number of nitrogens with zero attached hydrogens (tertiary/aromatic N) is 3. The fourth-order valence-corrected chi connectivity index (χ4v) is 1.85. The number of hydrogen-bond donors (Lipinski definition) is 1.